The number of ether oxygens (including phenoxy) is 2. The predicted octanol–water partition coefficient (Wildman–Crippen LogP) is 5.36. The van der Waals surface area contributed by atoms with Crippen LogP contribution in [-0.4, -0.2) is 16.8 Å². The molecule has 0 heterocycles. The summed E-state index contributed by atoms with van der Waals surface area (Å²) < 4.78 is 10.9. The van der Waals surface area contributed by atoms with E-state index < -0.39 is 10.9 Å². The highest BCUT2D eigenvalue weighted by Crippen LogP contribution is 2.37. The lowest BCUT2D eigenvalue weighted by Crippen LogP contribution is -2.12. The van der Waals surface area contributed by atoms with E-state index in [-0.39, 0.29) is 34.5 Å². The average molecular weight is 441 g/mol. The van der Waals surface area contributed by atoms with Gasteiger partial charge < -0.3 is 14.8 Å². The van der Waals surface area contributed by atoms with E-state index in [0.717, 1.165) is 0 Å². The molecular formula is C22H17ClN2O6. The molecule has 1 amide bonds. The van der Waals surface area contributed by atoms with Crippen molar-refractivity contribution >= 4 is 34.9 Å². The molecule has 31 heavy (non-hydrogen) atoms. The molecule has 9 heteroatoms. The maximum atomic E-state index is 12.4. The molecule has 0 bridgehead atoms. The number of hydrogen-bond donors (Lipinski definition) is 1. The van der Waals surface area contributed by atoms with Crippen LogP contribution in [0.5, 0.6) is 11.5 Å². The summed E-state index contributed by atoms with van der Waals surface area (Å²) in [7, 11) is 0. The Morgan fingerprint density at radius 3 is 2.42 bits per heavy atom. The van der Waals surface area contributed by atoms with Gasteiger partial charge >= 0.3 is 11.7 Å². The van der Waals surface area contributed by atoms with Crippen LogP contribution in [0.1, 0.15) is 22.8 Å². The lowest BCUT2D eigenvalue weighted by Gasteiger charge is -2.11. The SMILES string of the molecule is CC(=O)Nc1ccccc1C(=O)OCc1ccc(Oc2c(Cl)cccc2[N+](=O)[O-])cc1. The molecule has 1 N–H and O–H groups in total. The molecule has 0 aliphatic heterocycles. The third-order valence-electron chi connectivity index (χ3n) is 4.11. The van der Waals surface area contributed by atoms with E-state index in [1.807, 2.05) is 0 Å². The summed E-state index contributed by atoms with van der Waals surface area (Å²) in [6.07, 6.45) is 0. The zero-order valence-corrected chi connectivity index (χ0v) is 17.1. The predicted molar refractivity (Wildman–Crippen MR) is 114 cm³/mol. The van der Waals surface area contributed by atoms with E-state index in [0.29, 0.717) is 17.0 Å². The number of nitrogens with one attached hydrogen (secondary N) is 1. The van der Waals surface area contributed by atoms with Crippen molar-refractivity contribution in [3.63, 3.8) is 0 Å². The number of halogens is 1. The van der Waals surface area contributed by atoms with Gasteiger partial charge in [0.2, 0.25) is 11.7 Å². The molecule has 8 nitrogen and oxygen atoms in total. The minimum Gasteiger partial charge on any atom is -0.457 e. The number of para-hydroxylation sites is 2. The van der Waals surface area contributed by atoms with Crippen LogP contribution in [0.25, 0.3) is 0 Å². The second-order valence-electron chi connectivity index (χ2n) is 6.39. The van der Waals surface area contributed by atoms with E-state index in [4.69, 9.17) is 21.1 Å². The van der Waals surface area contributed by atoms with Gasteiger partial charge in [0, 0.05) is 13.0 Å². The molecule has 0 saturated carbocycles. The maximum Gasteiger partial charge on any atom is 0.340 e. The molecule has 0 fully saturated rings. The Kier molecular flexibility index (Phi) is 6.84. The van der Waals surface area contributed by atoms with E-state index >= 15 is 0 Å². The number of hydrogen-bond acceptors (Lipinski definition) is 6. The minimum absolute atomic E-state index is 0.0141. The minimum atomic E-state index is -0.587. The van der Waals surface area contributed by atoms with Crippen molar-refractivity contribution in [2.75, 3.05) is 5.32 Å². The molecule has 0 saturated heterocycles. The summed E-state index contributed by atoms with van der Waals surface area (Å²) in [5.74, 6) is -0.601. The van der Waals surface area contributed by atoms with Gasteiger partial charge in [-0.25, -0.2) is 4.79 Å². The van der Waals surface area contributed by atoms with Gasteiger partial charge in [0.05, 0.1) is 21.2 Å². The van der Waals surface area contributed by atoms with E-state index in [1.165, 1.54) is 25.1 Å². The van der Waals surface area contributed by atoms with Crippen molar-refractivity contribution in [2.45, 2.75) is 13.5 Å². The Morgan fingerprint density at radius 2 is 1.74 bits per heavy atom. The van der Waals surface area contributed by atoms with Crippen LogP contribution in [0.4, 0.5) is 11.4 Å². The molecule has 0 aliphatic rings. The highest BCUT2D eigenvalue weighted by Gasteiger charge is 2.19. The number of rotatable bonds is 7. The van der Waals surface area contributed by atoms with Crippen molar-refractivity contribution in [1.82, 2.24) is 0 Å². The number of nitrogens with zero attached hydrogens (tertiary/aromatic N) is 1. The van der Waals surface area contributed by atoms with Gasteiger partial charge in [-0.2, -0.15) is 0 Å². The first-order valence-electron chi connectivity index (χ1n) is 9.08. The van der Waals surface area contributed by atoms with Crippen molar-refractivity contribution in [1.29, 1.82) is 0 Å². The van der Waals surface area contributed by atoms with Crippen LogP contribution in [0, 0.1) is 10.1 Å². The normalized spacial score (nSPS) is 10.3. The van der Waals surface area contributed by atoms with Gasteiger partial charge in [-0.05, 0) is 35.9 Å². The first-order chi connectivity index (χ1) is 14.8. The van der Waals surface area contributed by atoms with Crippen LogP contribution in [-0.2, 0) is 16.1 Å². The fraction of sp³-hybridized carbons (Fsp3) is 0.0909. The second kappa shape index (κ2) is 9.73. The summed E-state index contributed by atoms with van der Waals surface area (Å²) in [6.45, 7) is 1.34. The maximum absolute atomic E-state index is 12.4. The first kappa shape index (κ1) is 21.8. The fourth-order valence-electron chi connectivity index (χ4n) is 2.70. The van der Waals surface area contributed by atoms with Crippen LogP contribution >= 0.6 is 11.6 Å². The third kappa shape index (κ3) is 5.58. The number of nitro groups is 1. The number of esters is 1. The summed E-state index contributed by atoms with van der Waals surface area (Å²) >= 11 is 6.03. The zero-order chi connectivity index (χ0) is 22.4. The Morgan fingerprint density at radius 1 is 1.03 bits per heavy atom. The van der Waals surface area contributed by atoms with E-state index in [2.05, 4.69) is 5.32 Å². The van der Waals surface area contributed by atoms with Crippen molar-refractivity contribution < 1.29 is 24.0 Å². The smallest absolute Gasteiger partial charge is 0.340 e. The van der Waals surface area contributed by atoms with Crippen LogP contribution in [0.2, 0.25) is 5.02 Å². The number of benzene rings is 3. The largest absolute Gasteiger partial charge is 0.457 e. The Labute approximate surface area is 182 Å². The van der Waals surface area contributed by atoms with Crippen molar-refractivity contribution in [3.8, 4) is 11.5 Å². The molecule has 158 valence electrons. The fourth-order valence-corrected chi connectivity index (χ4v) is 2.91. The number of anilines is 1. The summed E-state index contributed by atoms with van der Waals surface area (Å²) in [4.78, 5) is 34.3. The second-order valence-corrected chi connectivity index (χ2v) is 6.80. The van der Waals surface area contributed by atoms with Crippen molar-refractivity contribution in [2.24, 2.45) is 0 Å². The Balaban J connectivity index is 1.67. The number of carbonyl (C=O) groups excluding carboxylic acids is 2. The van der Waals surface area contributed by atoms with Gasteiger partial charge in [0.15, 0.2) is 0 Å². The van der Waals surface area contributed by atoms with Gasteiger partial charge in [0.25, 0.3) is 0 Å². The monoisotopic (exact) mass is 440 g/mol. The molecule has 0 radical (unpaired) electrons. The molecule has 0 unspecified atom stereocenters. The first-order valence-corrected chi connectivity index (χ1v) is 9.46. The molecule has 3 aromatic carbocycles. The lowest BCUT2D eigenvalue weighted by molar-refractivity contribution is -0.385. The van der Waals surface area contributed by atoms with Crippen LogP contribution in [0.3, 0.4) is 0 Å². The molecule has 3 aromatic rings. The quantitative estimate of drug-likeness (QED) is 0.301. The number of amides is 1. The highest BCUT2D eigenvalue weighted by molar-refractivity contribution is 6.32. The topological polar surface area (TPSA) is 108 Å². The molecule has 0 aromatic heterocycles. The summed E-state index contributed by atoms with van der Waals surface area (Å²) in [5, 5.41) is 13.9. The number of nitro benzene ring substituents is 1. The van der Waals surface area contributed by atoms with Gasteiger partial charge in [-0.15, -0.1) is 0 Å². The average Bonchev–Trinajstić information content (AvgIpc) is 2.74. The number of carbonyl (C=O) groups is 2. The molecule has 0 atom stereocenters. The van der Waals surface area contributed by atoms with Crippen LogP contribution in [0.15, 0.2) is 66.7 Å². The van der Waals surface area contributed by atoms with Crippen LogP contribution < -0.4 is 10.1 Å². The van der Waals surface area contributed by atoms with Gasteiger partial charge in [-0.3, -0.25) is 14.9 Å². The zero-order valence-electron chi connectivity index (χ0n) is 16.3. The van der Waals surface area contributed by atoms with Crippen molar-refractivity contribution in [3.05, 3.63) is 93.0 Å². The molecule has 0 spiro atoms. The summed E-state index contributed by atoms with van der Waals surface area (Å²) in [6, 6.07) is 17.3. The van der Waals surface area contributed by atoms with E-state index in [1.54, 1.807) is 48.5 Å². The van der Waals surface area contributed by atoms with Gasteiger partial charge in [-0.1, -0.05) is 41.9 Å². The molecule has 3 rings (SSSR count). The highest BCUT2D eigenvalue weighted by atomic mass is 35.5. The molecule has 0 aliphatic carbocycles. The van der Waals surface area contributed by atoms with E-state index in [9.17, 15) is 19.7 Å². The standard InChI is InChI=1S/C22H17ClN2O6/c1-14(26)24-19-7-3-2-5-17(19)22(27)30-13-15-9-11-16(12-10-15)31-21-18(23)6-4-8-20(21)25(28)29/h2-12H,13H2,1H3,(H,24,26). The third-order valence-corrected chi connectivity index (χ3v) is 4.41. The Bertz CT molecular complexity index is 1130. The van der Waals surface area contributed by atoms with Gasteiger partial charge in [0.1, 0.15) is 12.4 Å². The Hall–Kier alpha value is -3.91. The summed E-state index contributed by atoms with van der Waals surface area (Å²) in [5.41, 5.74) is 1.03. The lowest BCUT2D eigenvalue weighted by atomic mass is 10.1. The molecular weight excluding hydrogens is 424 g/mol.